The number of aliphatic hydroxyl groups is 1. The van der Waals surface area contributed by atoms with Crippen molar-refractivity contribution in [2.75, 3.05) is 26.7 Å². The van der Waals surface area contributed by atoms with E-state index in [0.29, 0.717) is 13.1 Å². The molecule has 3 aromatic rings. The predicted octanol–water partition coefficient (Wildman–Crippen LogP) is 2.58. The fourth-order valence-electron chi connectivity index (χ4n) is 4.77. The van der Waals surface area contributed by atoms with Crippen LogP contribution in [0.15, 0.2) is 83.8 Å². The van der Waals surface area contributed by atoms with E-state index in [1.807, 2.05) is 44.2 Å². The van der Waals surface area contributed by atoms with Crippen LogP contribution in [0.1, 0.15) is 63.3 Å². The molecule has 2 unspecified atom stereocenters. The van der Waals surface area contributed by atoms with Gasteiger partial charge in [0.1, 0.15) is 0 Å². The van der Waals surface area contributed by atoms with Crippen molar-refractivity contribution >= 4 is 27.7 Å². The first kappa shape index (κ1) is 34.4. The van der Waals surface area contributed by atoms with Gasteiger partial charge in [-0.25, -0.2) is 13.4 Å². The number of carbonyl (C=O) groups excluding carboxylic acids is 3. The maximum Gasteiger partial charge on any atom is 0.253 e. The van der Waals surface area contributed by atoms with Crippen molar-refractivity contribution in [3.8, 4) is 0 Å². The average Bonchev–Trinajstić information content (AvgIpc) is 3.00. The van der Waals surface area contributed by atoms with Gasteiger partial charge >= 0.3 is 0 Å². The maximum absolute atomic E-state index is 13.6. The average molecular weight is 624 g/mol. The van der Waals surface area contributed by atoms with E-state index in [1.165, 1.54) is 42.4 Å². The topological polar surface area (TPSA) is 162 Å². The fraction of sp³-hybridized carbons (Fsp3) is 0.344. The van der Waals surface area contributed by atoms with Crippen molar-refractivity contribution in [2.24, 2.45) is 5.73 Å². The zero-order chi connectivity index (χ0) is 32.3. The first-order valence-corrected chi connectivity index (χ1v) is 16.0. The molecule has 3 aromatic carbocycles. The Labute approximate surface area is 259 Å². The lowest BCUT2D eigenvalue weighted by Crippen LogP contribution is -2.52. The minimum absolute atomic E-state index is 0.00385. The zero-order valence-corrected chi connectivity index (χ0v) is 26.1. The summed E-state index contributed by atoms with van der Waals surface area (Å²) in [6.07, 6.45) is 0.468. The van der Waals surface area contributed by atoms with Gasteiger partial charge in [-0.3, -0.25) is 14.4 Å². The monoisotopic (exact) mass is 623 g/mol. The van der Waals surface area contributed by atoms with E-state index >= 15 is 0 Å². The Hall–Kier alpha value is -4.10. The second kappa shape index (κ2) is 16.1. The van der Waals surface area contributed by atoms with Crippen LogP contribution in [0.25, 0.3) is 0 Å². The van der Waals surface area contributed by atoms with Crippen molar-refractivity contribution in [3.63, 3.8) is 0 Å². The third-order valence-electron chi connectivity index (χ3n) is 6.87. The zero-order valence-electron chi connectivity index (χ0n) is 25.3. The number of amides is 3. The number of rotatable bonds is 16. The number of sulfonamides is 1. The molecule has 0 bridgehead atoms. The summed E-state index contributed by atoms with van der Waals surface area (Å²) >= 11 is 0. The molecule has 236 valence electrons. The Morgan fingerprint density at radius 3 is 1.98 bits per heavy atom. The minimum Gasteiger partial charge on any atom is -0.390 e. The highest BCUT2D eigenvalue weighted by atomic mass is 32.2. The summed E-state index contributed by atoms with van der Waals surface area (Å²) in [5.41, 5.74) is 6.56. The van der Waals surface area contributed by atoms with Gasteiger partial charge in [-0.1, -0.05) is 62.4 Å². The number of hydrogen-bond donors (Lipinski definition) is 4. The molecule has 12 heteroatoms. The quantitative estimate of drug-likeness (QED) is 0.178. The summed E-state index contributed by atoms with van der Waals surface area (Å²) in [5, 5.41) is 15.3. The molecular weight excluding hydrogens is 582 g/mol. The normalized spacial score (nSPS) is 12.8. The molecule has 0 fully saturated rings. The first-order chi connectivity index (χ1) is 20.9. The molecule has 0 saturated carbocycles. The molecule has 0 radical (unpaired) electrons. The molecule has 44 heavy (non-hydrogen) atoms. The van der Waals surface area contributed by atoms with E-state index in [0.717, 1.165) is 18.4 Å². The number of hydrazine groups is 1. The van der Waals surface area contributed by atoms with Gasteiger partial charge in [-0.2, -0.15) is 0 Å². The molecular formula is C32H41N5O6S. The van der Waals surface area contributed by atoms with Crippen LogP contribution in [-0.4, -0.2) is 80.0 Å². The Balaban J connectivity index is 1.87. The van der Waals surface area contributed by atoms with Gasteiger partial charge in [0.2, 0.25) is 5.91 Å². The lowest BCUT2D eigenvalue weighted by atomic mass is 9.99. The molecule has 5 N–H and O–H groups in total. The molecule has 11 nitrogen and oxygen atoms in total. The van der Waals surface area contributed by atoms with Crippen LogP contribution < -0.4 is 15.9 Å². The summed E-state index contributed by atoms with van der Waals surface area (Å²) in [6.45, 7) is 4.77. The van der Waals surface area contributed by atoms with Crippen molar-refractivity contribution < 1.29 is 27.9 Å². The van der Waals surface area contributed by atoms with E-state index in [2.05, 4.69) is 10.1 Å². The summed E-state index contributed by atoms with van der Waals surface area (Å²) in [6, 6.07) is 20.2. The van der Waals surface area contributed by atoms with Gasteiger partial charge in [0.05, 0.1) is 17.0 Å². The highest BCUT2D eigenvalue weighted by Crippen LogP contribution is 2.16. The van der Waals surface area contributed by atoms with Gasteiger partial charge in [0.25, 0.3) is 21.8 Å². The third-order valence-corrected chi connectivity index (χ3v) is 8.32. The first-order valence-electron chi connectivity index (χ1n) is 14.5. The molecule has 3 amide bonds. The fourth-order valence-corrected chi connectivity index (χ4v) is 5.87. The molecule has 3 rings (SSSR count). The van der Waals surface area contributed by atoms with E-state index in [-0.39, 0.29) is 40.5 Å². The van der Waals surface area contributed by atoms with Crippen molar-refractivity contribution in [3.05, 3.63) is 101 Å². The SMILES string of the molecule is CCCN(CCC)C(=O)c1cc(C(N)=O)cc(C(=O)NC(Cc2ccccc2)C(O)CN(C)NS(=O)(=O)c2ccccc2)c1. The maximum atomic E-state index is 13.6. The van der Waals surface area contributed by atoms with Crippen LogP contribution in [-0.2, 0) is 16.4 Å². The number of benzene rings is 3. The highest BCUT2D eigenvalue weighted by molar-refractivity contribution is 7.89. The van der Waals surface area contributed by atoms with Crippen molar-refractivity contribution in [1.82, 2.24) is 20.1 Å². The number of primary amides is 1. The number of carbonyl (C=O) groups is 3. The van der Waals surface area contributed by atoms with E-state index in [4.69, 9.17) is 5.73 Å². The highest BCUT2D eigenvalue weighted by Gasteiger charge is 2.27. The summed E-state index contributed by atoms with van der Waals surface area (Å²) in [4.78, 5) is 43.2. The second-order valence-electron chi connectivity index (χ2n) is 10.6. The van der Waals surface area contributed by atoms with Crippen molar-refractivity contribution in [1.29, 1.82) is 0 Å². The molecule has 2 atom stereocenters. The second-order valence-corrected chi connectivity index (χ2v) is 12.2. The van der Waals surface area contributed by atoms with Gasteiger partial charge in [0, 0.05) is 43.4 Å². The van der Waals surface area contributed by atoms with Crippen LogP contribution in [0.4, 0.5) is 0 Å². The molecule has 0 aliphatic rings. The van der Waals surface area contributed by atoms with E-state index in [9.17, 15) is 27.9 Å². The standard InChI is InChI=1S/C32H41N5O6S/c1-4-16-37(17-5-2)32(41)26-20-24(30(33)39)19-25(21-26)31(40)34-28(18-23-12-8-6-9-13-23)29(38)22-36(3)35-44(42,43)27-14-10-7-11-15-27/h6-15,19-21,28-29,35,38H,4-5,16-18,22H2,1-3H3,(H2,33,39)(H,34,40). The summed E-state index contributed by atoms with van der Waals surface area (Å²) in [7, 11) is -2.43. The molecule has 0 aliphatic carbocycles. The number of nitrogens with zero attached hydrogens (tertiary/aromatic N) is 2. The Kier molecular flexibility index (Phi) is 12.6. The predicted molar refractivity (Wildman–Crippen MR) is 168 cm³/mol. The number of aliphatic hydroxyl groups excluding tert-OH is 1. The lowest BCUT2D eigenvalue weighted by molar-refractivity contribution is 0.0687. The van der Waals surface area contributed by atoms with Crippen LogP contribution in [0.2, 0.25) is 0 Å². The van der Waals surface area contributed by atoms with Gasteiger partial charge in [-0.05, 0) is 55.2 Å². The molecule has 0 saturated heterocycles. The summed E-state index contributed by atoms with van der Waals surface area (Å²) < 4.78 is 25.6. The number of hydrogen-bond acceptors (Lipinski definition) is 7. The Morgan fingerprint density at radius 2 is 1.41 bits per heavy atom. The van der Waals surface area contributed by atoms with Crippen LogP contribution in [0.5, 0.6) is 0 Å². The molecule has 0 aliphatic heterocycles. The smallest absolute Gasteiger partial charge is 0.253 e. The van der Waals surface area contributed by atoms with Gasteiger partial charge in [0.15, 0.2) is 0 Å². The molecule has 0 aromatic heterocycles. The molecule has 0 heterocycles. The molecule has 0 spiro atoms. The number of likely N-dealkylation sites (N-methyl/N-ethyl adjacent to an activating group) is 1. The summed E-state index contributed by atoms with van der Waals surface area (Å²) in [5.74, 6) is -1.74. The van der Waals surface area contributed by atoms with E-state index in [1.54, 1.807) is 23.1 Å². The lowest BCUT2D eigenvalue weighted by Gasteiger charge is -2.28. The van der Waals surface area contributed by atoms with E-state index < -0.39 is 34.0 Å². The Morgan fingerprint density at radius 1 is 0.864 bits per heavy atom. The van der Waals surface area contributed by atoms with Crippen LogP contribution >= 0.6 is 0 Å². The third kappa shape index (κ3) is 9.71. The number of nitrogens with one attached hydrogen (secondary N) is 2. The van der Waals surface area contributed by atoms with Crippen LogP contribution in [0, 0.1) is 0 Å². The van der Waals surface area contributed by atoms with Gasteiger partial charge < -0.3 is 21.1 Å². The largest absolute Gasteiger partial charge is 0.390 e. The number of nitrogens with two attached hydrogens (primary N) is 1. The van der Waals surface area contributed by atoms with Gasteiger partial charge in [-0.15, -0.1) is 4.83 Å². The van der Waals surface area contributed by atoms with Crippen molar-refractivity contribution in [2.45, 2.75) is 50.2 Å². The van der Waals surface area contributed by atoms with Crippen LogP contribution in [0.3, 0.4) is 0 Å². The Bertz CT molecular complexity index is 1510. The minimum atomic E-state index is -3.90.